The van der Waals surface area contributed by atoms with Gasteiger partial charge in [-0.2, -0.15) is 94.6 Å². The summed E-state index contributed by atoms with van der Waals surface area (Å²) in [6.45, 7) is 20.4. The van der Waals surface area contributed by atoms with Gasteiger partial charge in [0.1, 0.15) is 11.4 Å². The molecular formula is C88H70N10Rh4-4. The first kappa shape index (κ1) is 75.5. The van der Waals surface area contributed by atoms with Crippen LogP contribution in [0.25, 0.3) is 112 Å². The second-order valence-electron chi connectivity index (χ2n) is 23.5. The van der Waals surface area contributed by atoms with Gasteiger partial charge < -0.3 is 0 Å². The fraction of sp³-hybridized carbons (Fsp3) is 0.0227. The standard InChI is InChI=1S/C24H21N2.C22H17N2.2C21H16N3.4Rh/c1-17-9-7-8-12-23(17)26-19(3)24(18(2)25-26)22-15-13-21(14-16-22)20-10-5-4-6-11-20;1-17-7-5-6-10-22(17)24-16-21(15-23-24)20-13-11-19(12-14-20)18-8-3-2-4-9-18;1-16-7-5-6-10-21(16)24-15-20(22-23-24)19-13-11-18(12-14-19)17-8-3-2-4-9-17;1-16-7-5-6-10-21(16)24-22-15-20(23-24)19-13-11-18(12-14-19)17-8-3-2-4-9-17;;;;/h4-16H,1H2,2-3H3;2-16H,1H2;2*2-15H,1H2;;;;/q4*-1;;;;. The van der Waals surface area contributed by atoms with E-state index in [0.717, 1.165) is 90.0 Å². The molecule has 4 heterocycles. The summed E-state index contributed by atoms with van der Waals surface area (Å²) >= 11 is 0. The summed E-state index contributed by atoms with van der Waals surface area (Å²) in [5.41, 5.74) is 27.9. The van der Waals surface area contributed by atoms with Crippen molar-refractivity contribution in [3.05, 3.63) is 402 Å². The second-order valence-corrected chi connectivity index (χ2v) is 23.5. The van der Waals surface area contributed by atoms with E-state index in [1.165, 1.54) is 55.6 Å². The monoisotopic (exact) mass is 1680 g/mol. The van der Waals surface area contributed by atoms with Gasteiger partial charge in [0.25, 0.3) is 0 Å². The average Bonchev–Trinajstić information content (AvgIpc) is 1.55. The molecule has 0 saturated carbocycles. The van der Waals surface area contributed by atoms with Crippen molar-refractivity contribution in [3.8, 4) is 112 Å². The number of hydrogen-bond acceptors (Lipinski definition) is 6. The molecule has 0 unspecified atom stereocenters. The summed E-state index contributed by atoms with van der Waals surface area (Å²) in [5.74, 6) is 0. The van der Waals surface area contributed by atoms with Crippen molar-refractivity contribution in [3.63, 3.8) is 0 Å². The summed E-state index contributed by atoms with van der Waals surface area (Å²) in [4.78, 5) is 1.63. The van der Waals surface area contributed by atoms with Gasteiger partial charge in [0.2, 0.25) is 0 Å². The van der Waals surface area contributed by atoms with Crippen LogP contribution >= 0.6 is 0 Å². The van der Waals surface area contributed by atoms with Gasteiger partial charge in [-0.3, -0.25) is 14.0 Å². The zero-order valence-corrected chi connectivity index (χ0v) is 62.5. The Kier molecular flexibility index (Phi) is 26.7. The molecule has 102 heavy (non-hydrogen) atoms. The van der Waals surface area contributed by atoms with E-state index in [4.69, 9.17) is 5.10 Å². The van der Waals surface area contributed by atoms with Crippen LogP contribution in [-0.2, 0) is 77.9 Å². The molecule has 4 aromatic heterocycles. The molecule has 16 rings (SSSR count). The SMILES string of the molecule is [CH2-]c1ccccc1-n1cc(-c2ccc(-c3ccccc3)cc2)cn1.[CH2-]c1ccccc1-n1cc(-c2ccc(-c3ccccc3)cc2)nn1.[CH2-]c1ccccc1-n1nc(C)c(-c2ccc(-c3ccccc3)cc2)c1C.[CH2-]c1ccccc1-n1ncc(-c2ccc(-c3ccccc3)cc2)n1.[Rh].[Rh].[Rh].[Rh]. The van der Waals surface area contributed by atoms with Crippen LogP contribution in [0.1, 0.15) is 33.6 Å². The molecule has 512 valence electrons. The van der Waals surface area contributed by atoms with Gasteiger partial charge in [-0.1, -0.05) is 272 Å². The quantitative estimate of drug-likeness (QED) is 0.0893. The van der Waals surface area contributed by atoms with Crippen molar-refractivity contribution >= 4 is 0 Å². The Hall–Kier alpha value is -10.7. The summed E-state index contributed by atoms with van der Waals surface area (Å²) in [6, 6.07) is 107. The fourth-order valence-electron chi connectivity index (χ4n) is 11.7. The Bertz CT molecular complexity index is 4860. The van der Waals surface area contributed by atoms with Gasteiger partial charge in [0.05, 0.1) is 18.1 Å². The van der Waals surface area contributed by atoms with E-state index >= 15 is 0 Å². The number of hydrogen-bond donors (Lipinski definition) is 0. The van der Waals surface area contributed by atoms with Crippen LogP contribution in [0.4, 0.5) is 0 Å². The van der Waals surface area contributed by atoms with Crippen molar-refractivity contribution in [1.29, 1.82) is 0 Å². The Morgan fingerprint density at radius 3 is 1.00 bits per heavy atom. The summed E-state index contributed by atoms with van der Waals surface area (Å²) in [5, 5.41) is 26.7. The number of aryl methyl sites for hydroxylation is 1. The predicted octanol–water partition coefficient (Wildman–Crippen LogP) is 21.0. The molecule has 0 N–H and O–H groups in total. The summed E-state index contributed by atoms with van der Waals surface area (Å²) in [7, 11) is 0. The minimum Gasteiger partial charge on any atom is -0.293 e. The fourth-order valence-corrected chi connectivity index (χ4v) is 11.7. The van der Waals surface area contributed by atoms with Crippen molar-refractivity contribution < 1.29 is 77.9 Å². The summed E-state index contributed by atoms with van der Waals surface area (Å²) < 4.78 is 5.64. The van der Waals surface area contributed by atoms with Gasteiger partial charge in [-0.05, 0) is 92.2 Å². The van der Waals surface area contributed by atoms with Crippen LogP contribution in [0.3, 0.4) is 0 Å². The third-order valence-electron chi connectivity index (χ3n) is 16.9. The molecule has 14 heteroatoms. The number of aromatic nitrogens is 10. The van der Waals surface area contributed by atoms with Crippen molar-refractivity contribution in [1.82, 2.24) is 49.5 Å². The maximum absolute atomic E-state index is 4.77. The maximum Gasteiger partial charge on any atom is 0.112 e. The second kappa shape index (κ2) is 36.1. The third-order valence-corrected chi connectivity index (χ3v) is 16.9. The number of rotatable bonds is 12. The average molecular weight is 1680 g/mol. The minimum absolute atomic E-state index is 0. The van der Waals surface area contributed by atoms with E-state index in [1.54, 1.807) is 15.7 Å². The van der Waals surface area contributed by atoms with Crippen molar-refractivity contribution in [2.75, 3.05) is 0 Å². The van der Waals surface area contributed by atoms with Crippen LogP contribution in [0.15, 0.2) is 340 Å². The number of benzene rings is 12. The van der Waals surface area contributed by atoms with Gasteiger partial charge in [0.15, 0.2) is 0 Å². The van der Waals surface area contributed by atoms with E-state index in [-0.39, 0.29) is 77.9 Å². The molecule has 0 fully saturated rings. The Labute approximate surface area is 649 Å². The zero-order valence-electron chi connectivity index (χ0n) is 56.0. The van der Waals surface area contributed by atoms with E-state index in [9.17, 15) is 0 Å². The molecular weight excluding hydrogens is 1610 g/mol. The van der Waals surface area contributed by atoms with Gasteiger partial charge in [-0.25, -0.2) is 4.80 Å². The molecule has 0 saturated heterocycles. The molecule has 0 aliphatic carbocycles. The molecule has 0 bridgehead atoms. The topological polar surface area (TPSA) is 97.1 Å². The predicted molar refractivity (Wildman–Crippen MR) is 401 cm³/mol. The van der Waals surface area contributed by atoms with E-state index in [1.807, 2.05) is 167 Å². The molecule has 0 amide bonds. The Morgan fingerprint density at radius 1 is 0.265 bits per heavy atom. The van der Waals surface area contributed by atoms with Crippen LogP contribution in [0.2, 0.25) is 0 Å². The van der Waals surface area contributed by atoms with Crippen molar-refractivity contribution in [2.24, 2.45) is 0 Å². The normalized spacial score (nSPS) is 10.3. The van der Waals surface area contributed by atoms with Gasteiger partial charge in [0, 0.05) is 118 Å². The maximum atomic E-state index is 4.77. The van der Waals surface area contributed by atoms with E-state index in [2.05, 4.69) is 243 Å². The minimum atomic E-state index is 0. The van der Waals surface area contributed by atoms with Crippen molar-refractivity contribution in [2.45, 2.75) is 13.8 Å². The third kappa shape index (κ3) is 18.1. The Morgan fingerprint density at radius 2 is 0.588 bits per heavy atom. The van der Waals surface area contributed by atoms with Crippen LogP contribution in [0, 0.1) is 41.5 Å². The molecule has 10 nitrogen and oxygen atoms in total. The molecule has 0 atom stereocenters. The number of nitrogens with zero attached hydrogens (tertiary/aromatic N) is 10. The van der Waals surface area contributed by atoms with Gasteiger partial charge >= 0.3 is 0 Å². The molecule has 12 aromatic carbocycles. The van der Waals surface area contributed by atoms with Crippen LogP contribution in [0.5, 0.6) is 0 Å². The molecule has 0 spiro atoms. The van der Waals surface area contributed by atoms with Crippen LogP contribution < -0.4 is 0 Å². The smallest absolute Gasteiger partial charge is 0.112 e. The van der Waals surface area contributed by atoms with Crippen LogP contribution in [-0.4, -0.2) is 49.5 Å². The largest absolute Gasteiger partial charge is 0.293 e. The van der Waals surface area contributed by atoms with Gasteiger partial charge in [-0.15, -0.1) is 29.4 Å². The molecule has 0 aliphatic heterocycles. The zero-order chi connectivity index (χ0) is 67.2. The molecule has 4 radical (unpaired) electrons. The van der Waals surface area contributed by atoms with E-state index in [0.29, 0.717) is 0 Å². The summed E-state index contributed by atoms with van der Waals surface area (Å²) in [6.07, 6.45) is 7.65. The molecule has 0 aliphatic rings. The first-order chi connectivity index (χ1) is 48.1. The Balaban J connectivity index is 0.000000156. The molecule has 16 aromatic rings. The first-order valence-corrected chi connectivity index (χ1v) is 32.3. The first-order valence-electron chi connectivity index (χ1n) is 32.3. The number of para-hydroxylation sites is 4. The van der Waals surface area contributed by atoms with E-state index < -0.39 is 0 Å².